The Morgan fingerprint density at radius 1 is 1.19 bits per heavy atom. The van der Waals surface area contributed by atoms with Crippen LogP contribution in [0.1, 0.15) is 44.2 Å². The van der Waals surface area contributed by atoms with Gasteiger partial charge >= 0.3 is 0 Å². The third-order valence-electron chi connectivity index (χ3n) is 3.23. The number of nitrogens with one attached hydrogen (secondary N) is 1. The minimum Gasteiger partial charge on any atom is -0.361 e. The van der Waals surface area contributed by atoms with Crippen LogP contribution in [0.15, 0.2) is 24.4 Å². The van der Waals surface area contributed by atoms with Crippen molar-refractivity contribution in [2.24, 2.45) is 5.92 Å². The Hall–Kier alpha value is -1.24. The van der Waals surface area contributed by atoms with Crippen molar-refractivity contribution in [2.45, 2.75) is 40.0 Å². The molecule has 0 aliphatic rings. The standard InChI is InChI=1S/C15H21N/c1-10(2)7-12(4)14-9-16-15-6-5-11(3)8-13(14)15/h5-6,8-10,12,16H,7H2,1-4H3. The summed E-state index contributed by atoms with van der Waals surface area (Å²) in [7, 11) is 0. The van der Waals surface area contributed by atoms with Gasteiger partial charge in [0.15, 0.2) is 0 Å². The van der Waals surface area contributed by atoms with E-state index >= 15 is 0 Å². The van der Waals surface area contributed by atoms with Gasteiger partial charge in [0.1, 0.15) is 0 Å². The molecule has 1 unspecified atom stereocenters. The van der Waals surface area contributed by atoms with Crippen LogP contribution < -0.4 is 0 Å². The number of rotatable bonds is 3. The van der Waals surface area contributed by atoms with Gasteiger partial charge in [0, 0.05) is 17.1 Å². The summed E-state index contributed by atoms with van der Waals surface area (Å²) in [4.78, 5) is 3.37. The van der Waals surface area contributed by atoms with Crippen LogP contribution in [-0.4, -0.2) is 4.98 Å². The molecule has 0 radical (unpaired) electrons. The lowest BCUT2D eigenvalue weighted by atomic mass is 9.91. The van der Waals surface area contributed by atoms with Gasteiger partial charge in [-0.05, 0) is 42.9 Å². The maximum absolute atomic E-state index is 3.37. The van der Waals surface area contributed by atoms with Crippen LogP contribution in [0, 0.1) is 12.8 Å². The van der Waals surface area contributed by atoms with E-state index in [9.17, 15) is 0 Å². The van der Waals surface area contributed by atoms with Crippen molar-refractivity contribution in [3.63, 3.8) is 0 Å². The molecule has 16 heavy (non-hydrogen) atoms. The SMILES string of the molecule is Cc1ccc2[nH]cc(C(C)CC(C)C)c2c1. The first kappa shape index (κ1) is 11.3. The molecule has 0 saturated carbocycles. The van der Waals surface area contributed by atoms with Crippen molar-refractivity contribution in [1.29, 1.82) is 0 Å². The summed E-state index contributed by atoms with van der Waals surface area (Å²) < 4.78 is 0. The van der Waals surface area contributed by atoms with Crippen molar-refractivity contribution in [1.82, 2.24) is 4.98 Å². The maximum atomic E-state index is 3.37. The number of aryl methyl sites for hydroxylation is 1. The van der Waals surface area contributed by atoms with E-state index < -0.39 is 0 Å². The number of hydrogen-bond donors (Lipinski definition) is 1. The minimum absolute atomic E-state index is 0.635. The molecule has 86 valence electrons. The van der Waals surface area contributed by atoms with Crippen molar-refractivity contribution in [3.8, 4) is 0 Å². The molecule has 1 aromatic carbocycles. The van der Waals surface area contributed by atoms with Crippen molar-refractivity contribution in [2.75, 3.05) is 0 Å². The van der Waals surface area contributed by atoms with E-state index in [4.69, 9.17) is 0 Å². The van der Waals surface area contributed by atoms with Crippen LogP contribution in [0.5, 0.6) is 0 Å². The number of benzene rings is 1. The molecule has 1 atom stereocenters. The number of fused-ring (bicyclic) bond motifs is 1. The Morgan fingerprint density at radius 2 is 1.94 bits per heavy atom. The predicted molar refractivity (Wildman–Crippen MR) is 70.9 cm³/mol. The van der Waals surface area contributed by atoms with Crippen LogP contribution in [0.3, 0.4) is 0 Å². The van der Waals surface area contributed by atoms with E-state index in [1.807, 2.05) is 0 Å². The van der Waals surface area contributed by atoms with Gasteiger partial charge in [-0.3, -0.25) is 0 Å². The first-order valence-corrected chi connectivity index (χ1v) is 6.15. The number of H-pyrrole nitrogens is 1. The van der Waals surface area contributed by atoms with Gasteiger partial charge in [-0.25, -0.2) is 0 Å². The van der Waals surface area contributed by atoms with Crippen molar-refractivity contribution in [3.05, 3.63) is 35.5 Å². The van der Waals surface area contributed by atoms with E-state index in [-0.39, 0.29) is 0 Å². The molecular formula is C15H21N. The average molecular weight is 215 g/mol. The molecule has 1 heteroatoms. The maximum Gasteiger partial charge on any atom is 0.0457 e. The summed E-state index contributed by atoms with van der Waals surface area (Å²) in [5, 5.41) is 1.40. The van der Waals surface area contributed by atoms with Gasteiger partial charge in [-0.1, -0.05) is 32.4 Å². The lowest BCUT2D eigenvalue weighted by Gasteiger charge is -2.13. The van der Waals surface area contributed by atoms with Gasteiger partial charge in [0.25, 0.3) is 0 Å². The smallest absolute Gasteiger partial charge is 0.0457 e. The molecule has 2 aromatic rings. The fourth-order valence-corrected chi connectivity index (χ4v) is 2.50. The minimum atomic E-state index is 0.635. The highest BCUT2D eigenvalue weighted by Gasteiger charge is 2.12. The zero-order valence-electron chi connectivity index (χ0n) is 10.7. The molecule has 1 aromatic heterocycles. The molecule has 0 saturated heterocycles. The quantitative estimate of drug-likeness (QED) is 0.768. The van der Waals surface area contributed by atoms with Gasteiger partial charge in [-0.2, -0.15) is 0 Å². The lowest BCUT2D eigenvalue weighted by molar-refractivity contribution is 0.525. The average Bonchev–Trinajstić information content (AvgIpc) is 2.59. The third-order valence-corrected chi connectivity index (χ3v) is 3.23. The second-order valence-electron chi connectivity index (χ2n) is 5.32. The second-order valence-corrected chi connectivity index (χ2v) is 5.32. The zero-order chi connectivity index (χ0) is 11.7. The highest BCUT2D eigenvalue weighted by Crippen LogP contribution is 2.30. The lowest BCUT2D eigenvalue weighted by Crippen LogP contribution is -1.97. The van der Waals surface area contributed by atoms with Crippen LogP contribution in [0.2, 0.25) is 0 Å². The summed E-state index contributed by atoms with van der Waals surface area (Å²) >= 11 is 0. The zero-order valence-corrected chi connectivity index (χ0v) is 10.7. The highest BCUT2D eigenvalue weighted by atomic mass is 14.7. The molecule has 1 heterocycles. The summed E-state index contributed by atoms with van der Waals surface area (Å²) in [5.74, 6) is 1.39. The summed E-state index contributed by atoms with van der Waals surface area (Å²) in [6.07, 6.45) is 3.43. The predicted octanol–water partition coefficient (Wildman–Crippen LogP) is 4.63. The van der Waals surface area contributed by atoms with E-state index in [0.717, 1.165) is 5.92 Å². The Labute approximate surface area is 97.9 Å². The van der Waals surface area contributed by atoms with Crippen LogP contribution in [-0.2, 0) is 0 Å². The third kappa shape index (κ3) is 2.13. The Kier molecular flexibility index (Phi) is 3.04. The molecule has 0 aliphatic carbocycles. The number of aromatic amines is 1. The fourth-order valence-electron chi connectivity index (χ4n) is 2.50. The van der Waals surface area contributed by atoms with Crippen LogP contribution in [0.25, 0.3) is 10.9 Å². The van der Waals surface area contributed by atoms with Crippen LogP contribution >= 0.6 is 0 Å². The van der Waals surface area contributed by atoms with Gasteiger partial charge in [-0.15, -0.1) is 0 Å². The second kappa shape index (κ2) is 4.32. The van der Waals surface area contributed by atoms with E-state index in [2.05, 4.69) is 57.1 Å². The van der Waals surface area contributed by atoms with Gasteiger partial charge in [0.05, 0.1) is 0 Å². The number of hydrogen-bond acceptors (Lipinski definition) is 0. The van der Waals surface area contributed by atoms with E-state index in [1.165, 1.54) is 28.5 Å². The molecule has 0 fully saturated rings. The van der Waals surface area contributed by atoms with Crippen LogP contribution in [0.4, 0.5) is 0 Å². The summed E-state index contributed by atoms with van der Waals surface area (Å²) in [6, 6.07) is 6.63. The Bertz CT molecular complexity index is 479. The topological polar surface area (TPSA) is 15.8 Å². The van der Waals surface area contributed by atoms with E-state index in [1.54, 1.807) is 0 Å². The molecular weight excluding hydrogens is 194 g/mol. The van der Waals surface area contributed by atoms with Gasteiger partial charge < -0.3 is 4.98 Å². The Morgan fingerprint density at radius 3 is 2.62 bits per heavy atom. The fraction of sp³-hybridized carbons (Fsp3) is 0.467. The molecule has 0 aliphatic heterocycles. The largest absolute Gasteiger partial charge is 0.361 e. The van der Waals surface area contributed by atoms with Gasteiger partial charge in [0.2, 0.25) is 0 Å². The molecule has 0 amide bonds. The molecule has 1 nitrogen and oxygen atoms in total. The highest BCUT2D eigenvalue weighted by molar-refractivity contribution is 5.84. The number of aromatic nitrogens is 1. The summed E-state index contributed by atoms with van der Waals surface area (Å²) in [5.41, 5.74) is 4.06. The molecule has 2 rings (SSSR count). The first-order valence-electron chi connectivity index (χ1n) is 6.15. The Balaban J connectivity index is 2.40. The normalized spacial score (nSPS) is 13.6. The van der Waals surface area contributed by atoms with E-state index in [0.29, 0.717) is 5.92 Å². The van der Waals surface area contributed by atoms with Crippen molar-refractivity contribution < 1.29 is 0 Å². The van der Waals surface area contributed by atoms with Crippen molar-refractivity contribution >= 4 is 10.9 Å². The molecule has 0 spiro atoms. The molecule has 1 N–H and O–H groups in total. The molecule has 0 bridgehead atoms. The summed E-state index contributed by atoms with van der Waals surface area (Å²) in [6.45, 7) is 9.06. The first-order chi connectivity index (χ1) is 7.58. The monoisotopic (exact) mass is 215 g/mol.